The molecule has 0 radical (unpaired) electrons. The molecule has 1 fully saturated rings. The van der Waals surface area contributed by atoms with Crippen molar-refractivity contribution in [3.8, 4) is 11.5 Å². The fraction of sp³-hybridized carbons (Fsp3) is 0.200. The molecule has 0 spiro atoms. The van der Waals surface area contributed by atoms with Crippen molar-refractivity contribution < 1.29 is 19.1 Å². The van der Waals surface area contributed by atoms with Crippen LogP contribution in [-0.2, 0) is 11.3 Å². The summed E-state index contributed by atoms with van der Waals surface area (Å²) in [5, 5.41) is 6.63. The lowest BCUT2D eigenvalue weighted by Crippen LogP contribution is -2.47. The summed E-state index contributed by atoms with van der Waals surface area (Å²) in [6.07, 6.45) is 3.90. The van der Waals surface area contributed by atoms with Crippen molar-refractivity contribution >= 4 is 56.5 Å². The molecule has 4 heterocycles. The van der Waals surface area contributed by atoms with Crippen LogP contribution in [0.5, 0.6) is 11.5 Å². The third kappa shape index (κ3) is 5.60. The number of hydrogen-bond acceptors (Lipinski definition) is 6. The maximum atomic E-state index is 13.7. The Balaban J connectivity index is 1.15. The molecule has 0 aliphatic carbocycles. The molecule has 45 heavy (non-hydrogen) atoms. The Morgan fingerprint density at radius 1 is 0.978 bits per heavy atom. The van der Waals surface area contributed by atoms with Gasteiger partial charge in [-0.3, -0.25) is 14.5 Å². The quantitative estimate of drug-likeness (QED) is 0.198. The molecule has 10 heteroatoms. The highest BCUT2D eigenvalue weighted by molar-refractivity contribution is 7.21. The number of ether oxygens (including phenoxy) is 1. The molecule has 4 amide bonds. The predicted molar refractivity (Wildman–Crippen MR) is 175 cm³/mol. The molecule has 1 atom stereocenters. The molecule has 2 aromatic heterocycles. The molecule has 0 unspecified atom stereocenters. The van der Waals surface area contributed by atoms with E-state index in [1.165, 1.54) is 11.3 Å². The zero-order valence-corrected chi connectivity index (χ0v) is 25.5. The second-order valence-corrected chi connectivity index (χ2v) is 12.2. The van der Waals surface area contributed by atoms with Crippen molar-refractivity contribution in [1.29, 1.82) is 0 Å². The van der Waals surface area contributed by atoms with Crippen LogP contribution < -0.4 is 20.3 Å². The fourth-order valence-corrected chi connectivity index (χ4v) is 7.00. The monoisotopic (exact) mass is 617 g/mol. The van der Waals surface area contributed by atoms with Gasteiger partial charge in [0, 0.05) is 19.3 Å². The molecule has 0 bridgehead atoms. The molecule has 9 nitrogen and oxygen atoms in total. The van der Waals surface area contributed by atoms with Crippen molar-refractivity contribution in [3.05, 3.63) is 107 Å². The van der Waals surface area contributed by atoms with E-state index in [9.17, 15) is 14.4 Å². The minimum Gasteiger partial charge on any atom is -0.457 e. The summed E-state index contributed by atoms with van der Waals surface area (Å²) < 4.78 is 5.99. The first-order chi connectivity index (χ1) is 22.0. The van der Waals surface area contributed by atoms with Crippen molar-refractivity contribution in [2.45, 2.75) is 38.8 Å². The molecule has 1 saturated heterocycles. The molecule has 7 rings (SSSR count). The van der Waals surface area contributed by atoms with Crippen LogP contribution in [-0.4, -0.2) is 40.3 Å². The second-order valence-electron chi connectivity index (χ2n) is 11.2. The van der Waals surface area contributed by atoms with Crippen molar-refractivity contribution in [1.82, 2.24) is 15.2 Å². The highest BCUT2D eigenvalue weighted by Crippen LogP contribution is 2.46. The molecule has 2 aliphatic rings. The topological polar surface area (TPSA) is 104 Å². The summed E-state index contributed by atoms with van der Waals surface area (Å²) in [6.45, 7) is 3.07. The van der Waals surface area contributed by atoms with Gasteiger partial charge in [0.15, 0.2) is 0 Å². The van der Waals surface area contributed by atoms with Crippen molar-refractivity contribution in [2.24, 2.45) is 0 Å². The van der Waals surface area contributed by atoms with Gasteiger partial charge in [-0.05, 0) is 73.7 Å². The number of nitrogens with zero attached hydrogens (tertiary/aromatic N) is 3. The number of carbonyl (C=O) groups is 3. The van der Waals surface area contributed by atoms with Crippen LogP contribution in [0.15, 0.2) is 91.1 Å². The van der Waals surface area contributed by atoms with Crippen LogP contribution in [0.4, 0.5) is 21.9 Å². The first-order valence-electron chi connectivity index (χ1n) is 15.0. The SMILES string of the molecule is Cc1cc(Oc2ccccc2)ccc1N1C(=O)Nc2c(C(=O)N[C@H]3CCCCN(Cc4ccccc4)C3=O)sc3nccc1c23. The maximum absolute atomic E-state index is 13.7. The lowest BCUT2D eigenvalue weighted by Gasteiger charge is -2.29. The number of likely N-dealkylation sites (tertiary alicyclic amines) is 1. The van der Waals surface area contributed by atoms with Crippen LogP contribution in [0.2, 0.25) is 0 Å². The lowest BCUT2D eigenvalue weighted by molar-refractivity contribution is -0.133. The third-order valence-corrected chi connectivity index (χ3v) is 9.24. The molecule has 3 aromatic carbocycles. The van der Waals surface area contributed by atoms with Crippen LogP contribution >= 0.6 is 11.3 Å². The van der Waals surface area contributed by atoms with Gasteiger partial charge in [-0.15, -0.1) is 11.3 Å². The molecule has 2 aliphatic heterocycles. The number of para-hydroxylation sites is 1. The summed E-state index contributed by atoms with van der Waals surface area (Å²) in [7, 11) is 0. The number of aryl methyl sites for hydroxylation is 1. The summed E-state index contributed by atoms with van der Waals surface area (Å²) in [5.41, 5.74) is 3.62. The van der Waals surface area contributed by atoms with Gasteiger partial charge in [0.05, 0.1) is 22.4 Å². The number of anilines is 3. The van der Waals surface area contributed by atoms with Crippen molar-refractivity contribution in [2.75, 3.05) is 16.8 Å². The number of benzene rings is 3. The lowest BCUT2D eigenvalue weighted by atomic mass is 10.1. The Kier molecular flexibility index (Phi) is 7.64. The van der Waals surface area contributed by atoms with E-state index in [1.807, 2.05) is 90.7 Å². The molecule has 2 N–H and O–H groups in total. The van der Waals surface area contributed by atoms with Gasteiger partial charge in [0.2, 0.25) is 5.91 Å². The van der Waals surface area contributed by atoms with Gasteiger partial charge in [-0.2, -0.15) is 0 Å². The van der Waals surface area contributed by atoms with E-state index in [2.05, 4.69) is 15.6 Å². The molecule has 0 saturated carbocycles. The van der Waals surface area contributed by atoms with Gasteiger partial charge >= 0.3 is 6.03 Å². The first-order valence-corrected chi connectivity index (χ1v) is 15.8. The average molecular weight is 618 g/mol. The highest BCUT2D eigenvalue weighted by atomic mass is 32.1. The van der Waals surface area contributed by atoms with E-state index in [-0.39, 0.29) is 11.9 Å². The van der Waals surface area contributed by atoms with Gasteiger partial charge < -0.3 is 20.3 Å². The maximum Gasteiger partial charge on any atom is 0.331 e. The zero-order valence-electron chi connectivity index (χ0n) is 24.7. The van der Waals surface area contributed by atoms with E-state index >= 15 is 0 Å². The smallest absolute Gasteiger partial charge is 0.331 e. The second kappa shape index (κ2) is 12.0. The van der Waals surface area contributed by atoms with Crippen LogP contribution in [0.25, 0.3) is 10.2 Å². The largest absolute Gasteiger partial charge is 0.457 e. The number of aromatic nitrogens is 1. The Morgan fingerprint density at radius 2 is 1.76 bits per heavy atom. The first kappa shape index (κ1) is 28.5. The van der Waals surface area contributed by atoms with E-state index in [1.54, 1.807) is 17.2 Å². The Labute approximate surface area is 264 Å². The zero-order chi connectivity index (χ0) is 30.9. The van der Waals surface area contributed by atoms with Gasteiger partial charge in [-0.1, -0.05) is 48.5 Å². The predicted octanol–water partition coefficient (Wildman–Crippen LogP) is 7.39. The number of carbonyl (C=O) groups excluding carboxylic acids is 3. The number of rotatable bonds is 7. The van der Waals surface area contributed by atoms with Gasteiger partial charge in [-0.25, -0.2) is 9.78 Å². The number of nitrogens with one attached hydrogen (secondary N) is 2. The van der Waals surface area contributed by atoms with Crippen LogP contribution in [0, 0.1) is 6.92 Å². The van der Waals surface area contributed by atoms with E-state index in [0.29, 0.717) is 57.4 Å². The summed E-state index contributed by atoms with van der Waals surface area (Å²) in [5.74, 6) is 0.888. The standard InChI is InChI=1S/C35H31N5O4S/c1-22-20-25(44-24-12-6-3-7-13-24)15-16-27(22)40-28-17-18-36-33-29(28)30(38-35(40)43)31(45-33)32(41)37-26-14-8-9-19-39(34(26)42)21-23-10-4-2-5-11-23/h2-7,10-13,15-18,20,26H,8-9,14,19,21H2,1H3,(H,37,41)(H,38,43)/t26-/m0/s1. The van der Waals surface area contributed by atoms with Crippen LogP contribution in [0.3, 0.4) is 0 Å². The van der Waals surface area contributed by atoms with E-state index < -0.39 is 11.9 Å². The van der Waals surface area contributed by atoms with Crippen molar-refractivity contribution in [3.63, 3.8) is 0 Å². The minimum atomic E-state index is -0.649. The summed E-state index contributed by atoms with van der Waals surface area (Å²) in [4.78, 5) is 49.8. The molecule has 5 aromatic rings. The number of thiophene rings is 1. The Morgan fingerprint density at radius 3 is 2.53 bits per heavy atom. The molecule has 226 valence electrons. The number of urea groups is 1. The van der Waals surface area contributed by atoms with Gasteiger partial charge in [0.1, 0.15) is 27.2 Å². The fourth-order valence-electron chi connectivity index (χ4n) is 5.97. The number of hydrogen-bond donors (Lipinski definition) is 2. The third-order valence-electron chi connectivity index (χ3n) is 8.14. The van der Waals surface area contributed by atoms with E-state index in [4.69, 9.17) is 4.74 Å². The summed E-state index contributed by atoms with van der Waals surface area (Å²) in [6, 6.07) is 25.7. The number of pyridine rings is 1. The van der Waals surface area contributed by atoms with Gasteiger partial charge in [0.25, 0.3) is 5.91 Å². The highest BCUT2D eigenvalue weighted by Gasteiger charge is 2.35. The Bertz CT molecular complexity index is 1910. The van der Waals surface area contributed by atoms with Crippen LogP contribution in [0.1, 0.15) is 40.1 Å². The number of amides is 4. The molecular weight excluding hydrogens is 586 g/mol. The minimum absolute atomic E-state index is 0.0938. The average Bonchev–Trinajstić information content (AvgIpc) is 3.34. The summed E-state index contributed by atoms with van der Waals surface area (Å²) >= 11 is 1.21. The molecular formula is C35H31N5O4S. The normalized spacial score (nSPS) is 16.3. The Hall–Kier alpha value is -5.22. The van der Waals surface area contributed by atoms with E-state index in [0.717, 1.165) is 29.7 Å².